The Hall–Kier alpha value is -2.91. The lowest BCUT2D eigenvalue weighted by Gasteiger charge is -2.25. The highest BCUT2D eigenvalue weighted by atomic mass is 35.5. The van der Waals surface area contributed by atoms with Gasteiger partial charge in [0.15, 0.2) is 10.7 Å². The van der Waals surface area contributed by atoms with Crippen LogP contribution in [0.25, 0.3) is 0 Å². The number of carbonyl (C=O) groups excluding carboxylic acids is 1. The van der Waals surface area contributed by atoms with Gasteiger partial charge in [-0.3, -0.25) is 14.9 Å². The van der Waals surface area contributed by atoms with E-state index in [0.717, 1.165) is 16.7 Å². The van der Waals surface area contributed by atoms with Gasteiger partial charge < -0.3 is 9.80 Å². The van der Waals surface area contributed by atoms with Crippen molar-refractivity contribution in [1.82, 2.24) is 9.97 Å². The number of allylic oxidation sites excluding steroid dienone is 1. The van der Waals surface area contributed by atoms with E-state index in [1.807, 2.05) is 25.1 Å². The van der Waals surface area contributed by atoms with Gasteiger partial charge >= 0.3 is 5.70 Å². The average molecular weight is 553 g/mol. The van der Waals surface area contributed by atoms with Crippen molar-refractivity contribution < 1.29 is 9.72 Å². The first-order valence-electron chi connectivity index (χ1n) is 10.2. The summed E-state index contributed by atoms with van der Waals surface area (Å²) < 4.78 is 0. The fourth-order valence-electron chi connectivity index (χ4n) is 3.78. The van der Waals surface area contributed by atoms with Crippen molar-refractivity contribution in [2.24, 2.45) is 0 Å². The summed E-state index contributed by atoms with van der Waals surface area (Å²) in [5.74, 6) is -0.979. The molecule has 0 atom stereocenters. The molecule has 1 aromatic carbocycles. The van der Waals surface area contributed by atoms with Crippen molar-refractivity contribution in [2.45, 2.75) is 24.8 Å². The van der Waals surface area contributed by atoms with Crippen LogP contribution < -0.4 is 9.80 Å². The number of aromatic nitrogens is 2. The third-order valence-electron chi connectivity index (χ3n) is 5.31. The Morgan fingerprint density at radius 1 is 0.943 bits per heavy atom. The van der Waals surface area contributed by atoms with Crippen LogP contribution in [-0.2, 0) is 17.9 Å². The zero-order valence-electron chi connectivity index (χ0n) is 18.2. The highest BCUT2D eigenvalue weighted by Gasteiger charge is 2.43. The number of fused-ring (bicyclic) bond motifs is 1. The third-order valence-corrected chi connectivity index (χ3v) is 6.15. The standard InChI is InChI=1S/C23H17Cl4N5O3/c1-13-2-5-16-17(8-13)31(12-15-4-7-19(25)29-10-15)23(20(32(34)35)21(33)22(26)27)30(16)11-14-3-6-18(24)28-9-14/h2-10,22H,11-12H2,1H3/b23-20-. The van der Waals surface area contributed by atoms with Gasteiger partial charge in [0.1, 0.15) is 10.3 Å². The summed E-state index contributed by atoms with van der Waals surface area (Å²) in [5, 5.41) is 12.9. The molecule has 180 valence electrons. The zero-order valence-corrected chi connectivity index (χ0v) is 21.2. The van der Waals surface area contributed by atoms with Crippen molar-refractivity contribution in [3.05, 3.63) is 103 Å². The molecule has 0 spiro atoms. The van der Waals surface area contributed by atoms with Crippen molar-refractivity contribution in [2.75, 3.05) is 9.80 Å². The quantitative estimate of drug-likeness (QED) is 0.118. The Labute approximate surface area is 220 Å². The Kier molecular flexibility index (Phi) is 7.47. The molecule has 0 saturated carbocycles. The number of pyridine rings is 2. The van der Waals surface area contributed by atoms with Gasteiger partial charge in [-0.15, -0.1) is 0 Å². The van der Waals surface area contributed by atoms with Crippen LogP contribution in [0.15, 0.2) is 66.4 Å². The van der Waals surface area contributed by atoms with Gasteiger partial charge in [0, 0.05) is 12.4 Å². The molecule has 1 aliphatic rings. The minimum Gasteiger partial charge on any atom is -0.315 e. The molecule has 0 aliphatic carbocycles. The number of Topliss-reactive ketones (excluding diaryl/α,β-unsaturated/α-hetero) is 1. The molecular formula is C23H17Cl4N5O3. The van der Waals surface area contributed by atoms with Crippen LogP contribution in [0.2, 0.25) is 10.3 Å². The molecule has 35 heavy (non-hydrogen) atoms. The fourth-order valence-corrected chi connectivity index (χ4v) is 4.21. The minimum atomic E-state index is -1.62. The molecule has 0 bridgehead atoms. The number of halogens is 4. The van der Waals surface area contributed by atoms with Crippen molar-refractivity contribution in [3.8, 4) is 0 Å². The van der Waals surface area contributed by atoms with E-state index in [0.29, 0.717) is 21.7 Å². The summed E-state index contributed by atoms with van der Waals surface area (Å²) in [4.78, 5) is 34.3. The molecule has 0 fully saturated rings. The number of anilines is 2. The minimum absolute atomic E-state index is 0.0387. The van der Waals surface area contributed by atoms with Gasteiger partial charge in [0.05, 0.1) is 29.4 Å². The molecule has 0 amide bonds. The molecule has 0 radical (unpaired) electrons. The molecule has 1 aliphatic heterocycles. The second-order valence-corrected chi connectivity index (χ2v) is 9.61. The molecule has 3 heterocycles. The predicted molar refractivity (Wildman–Crippen MR) is 137 cm³/mol. The number of hydrogen-bond donors (Lipinski definition) is 0. The van der Waals surface area contributed by atoms with E-state index >= 15 is 0 Å². The lowest BCUT2D eigenvalue weighted by atomic mass is 10.1. The normalized spacial score (nSPS) is 14.3. The SMILES string of the molecule is Cc1ccc2c(c1)N(Cc1ccc(Cl)nc1)/C(=C(/C(=O)C(Cl)Cl)[N+](=O)[O-])N2Cc1ccc(Cl)nc1. The van der Waals surface area contributed by atoms with Crippen LogP contribution in [0.5, 0.6) is 0 Å². The van der Waals surface area contributed by atoms with Gasteiger partial charge in [0.2, 0.25) is 0 Å². The van der Waals surface area contributed by atoms with E-state index in [1.165, 1.54) is 0 Å². The number of benzene rings is 1. The van der Waals surface area contributed by atoms with E-state index < -0.39 is 21.2 Å². The molecule has 0 unspecified atom stereocenters. The number of hydrogen-bond acceptors (Lipinski definition) is 7. The van der Waals surface area contributed by atoms with E-state index in [2.05, 4.69) is 9.97 Å². The Bertz CT molecular complexity index is 1310. The highest BCUT2D eigenvalue weighted by molar-refractivity contribution is 6.55. The molecule has 0 saturated heterocycles. The Morgan fingerprint density at radius 3 is 1.94 bits per heavy atom. The highest BCUT2D eigenvalue weighted by Crippen LogP contribution is 2.45. The first-order valence-corrected chi connectivity index (χ1v) is 11.9. The second kappa shape index (κ2) is 10.4. The van der Waals surface area contributed by atoms with Gasteiger partial charge in [0.25, 0.3) is 5.78 Å². The number of carbonyl (C=O) groups is 1. The summed E-state index contributed by atoms with van der Waals surface area (Å²) in [5.41, 5.74) is 2.98. The van der Waals surface area contributed by atoms with Crippen LogP contribution in [0.4, 0.5) is 11.4 Å². The maximum absolute atomic E-state index is 12.9. The van der Waals surface area contributed by atoms with Crippen LogP contribution in [-0.4, -0.2) is 25.5 Å². The number of rotatable bonds is 7. The summed E-state index contributed by atoms with van der Waals surface area (Å²) in [7, 11) is 0. The van der Waals surface area contributed by atoms with Crippen molar-refractivity contribution in [3.63, 3.8) is 0 Å². The average Bonchev–Trinajstić information content (AvgIpc) is 3.08. The summed E-state index contributed by atoms with van der Waals surface area (Å²) in [6, 6.07) is 12.4. The summed E-state index contributed by atoms with van der Waals surface area (Å²) in [6.45, 7) is 2.25. The number of ketones is 1. The maximum Gasteiger partial charge on any atom is 0.355 e. The van der Waals surface area contributed by atoms with Gasteiger partial charge in [-0.25, -0.2) is 9.97 Å². The number of aryl methyl sites for hydroxylation is 1. The predicted octanol–water partition coefficient (Wildman–Crippen LogP) is 5.94. The largest absolute Gasteiger partial charge is 0.355 e. The van der Waals surface area contributed by atoms with Crippen molar-refractivity contribution in [1.29, 1.82) is 0 Å². The topological polar surface area (TPSA) is 92.5 Å². The molecule has 2 aromatic heterocycles. The molecule has 3 aromatic rings. The third kappa shape index (κ3) is 5.36. The molecule has 4 rings (SSSR count). The van der Waals surface area contributed by atoms with Crippen LogP contribution in [0.3, 0.4) is 0 Å². The first kappa shape index (κ1) is 25.2. The van der Waals surface area contributed by atoms with E-state index in [1.54, 1.807) is 46.5 Å². The van der Waals surface area contributed by atoms with E-state index in [4.69, 9.17) is 46.4 Å². The van der Waals surface area contributed by atoms with E-state index in [9.17, 15) is 14.9 Å². The summed E-state index contributed by atoms with van der Waals surface area (Å²) in [6.07, 6.45) is 3.14. The van der Waals surface area contributed by atoms with Gasteiger partial charge in [-0.05, 0) is 47.9 Å². The molecule has 12 heteroatoms. The number of nitrogens with zero attached hydrogens (tertiary/aromatic N) is 5. The summed E-state index contributed by atoms with van der Waals surface area (Å²) >= 11 is 23.5. The smallest absolute Gasteiger partial charge is 0.315 e. The molecule has 8 nitrogen and oxygen atoms in total. The van der Waals surface area contributed by atoms with Crippen LogP contribution in [0.1, 0.15) is 16.7 Å². The molecular weight excluding hydrogens is 536 g/mol. The number of nitro groups is 1. The lowest BCUT2D eigenvalue weighted by Crippen LogP contribution is -2.34. The van der Waals surface area contributed by atoms with Gasteiger partial charge in [-0.1, -0.05) is 64.6 Å². The van der Waals surface area contributed by atoms with E-state index in [-0.39, 0.29) is 18.9 Å². The van der Waals surface area contributed by atoms with Gasteiger partial charge in [-0.2, -0.15) is 0 Å². The van der Waals surface area contributed by atoms with Crippen LogP contribution in [0, 0.1) is 17.0 Å². The second-order valence-electron chi connectivity index (χ2n) is 7.74. The Morgan fingerprint density at radius 2 is 1.49 bits per heavy atom. The molecule has 0 N–H and O–H groups in total. The lowest BCUT2D eigenvalue weighted by molar-refractivity contribution is -0.420. The van der Waals surface area contributed by atoms with Crippen LogP contribution >= 0.6 is 46.4 Å². The first-order chi connectivity index (χ1) is 16.7. The zero-order chi connectivity index (χ0) is 25.3. The monoisotopic (exact) mass is 551 g/mol. The Balaban J connectivity index is 1.94. The fraction of sp³-hybridized carbons (Fsp3) is 0.174. The maximum atomic E-state index is 12.9. The van der Waals surface area contributed by atoms with Crippen molar-refractivity contribution >= 4 is 63.6 Å². The number of alkyl halides is 2.